The molecule has 1 amide bonds. The first kappa shape index (κ1) is 13.8. The van der Waals surface area contributed by atoms with E-state index in [0.717, 1.165) is 5.75 Å². The first-order valence-corrected chi connectivity index (χ1v) is 6.62. The zero-order valence-corrected chi connectivity index (χ0v) is 10.8. The monoisotopic (exact) mass is 255 g/mol. The van der Waals surface area contributed by atoms with E-state index in [1.54, 1.807) is 30.1 Å². The molecule has 0 aliphatic heterocycles. The van der Waals surface area contributed by atoms with E-state index in [2.05, 4.69) is 10.3 Å². The van der Waals surface area contributed by atoms with Crippen molar-refractivity contribution < 1.29 is 9.53 Å². The van der Waals surface area contributed by atoms with Crippen LogP contribution in [0.3, 0.4) is 0 Å². The normalized spacial score (nSPS) is 11.9. The zero-order valence-electron chi connectivity index (χ0n) is 9.97. The van der Waals surface area contributed by atoms with E-state index in [1.807, 2.05) is 6.26 Å². The second kappa shape index (κ2) is 7.13. The lowest BCUT2D eigenvalue weighted by atomic mass is 10.2. The van der Waals surface area contributed by atoms with Crippen molar-refractivity contribution in [1.82, 2.24) is 4.98 Å². The maximum atomic E-state index is 11.8. The van der Waals surface area contributed by atoms with Crippen LogP contribution < -0.4 is 15.8 Å². The van der Waals surface area contributed by atoms with Gasteiger partial charge in [0.2, 0.25) is 11.8 Å². The molecule has 0 aliphatic carbocycles. The summed E-state index contributed by atoms with van der Waals surface area (Å²) >= 11 is 1.66. The largest absolute Gasteiger partial charge is 0.480 e. The second-order valence-electron chi connectivity index (χ2n) is 3.44. The molecule has 6 heteroatoms. The van der Waals surface area contributed by atoms with Crippen LogP contribution in [0.2, 0.25) is 0 Å². The number of amides is 1. The van der Waals surface area contributed by atoms with Gasteiger partial charge in [0.05, 0.1) is 13.2 Å². The van der Waals surface area contributed by atoms with E-state index in [4.69, 9.17) is 10.5 Å². The third kappa shape index (κ3) is 4.24. The molecule has 1 aromatic heterocycles. The van der Waals surface area contributed by atoms with Crippen LogP contribution in [0.25, 0.3) is 0 Å². The summed E-state index contributed by atoms with van der Waals surface area (Å²) in [7, 11) is 1.51. The van der Waals surface area contributed by atoms with Crippen molar-refractivity contribution in [3.8, 4) is 5.88 Å². The molecule has 5 nitrogen and oxygen atoms in total. The third-order valence-electron chi connectivity index (χ3n) is 2.19. The first-order valence-electron chi connectivity index (χ1n) is 5.23. The predicted octanol–water partition coefficient (Wildman–Crippen LogP) is 1.11. The number of carbonyl (C=O) groups excluding carboxylic acids is 1. The molecule has 3 N–H and O–H groups in total. The Labute approximate surface area is 105 Å². The van der Waals surface area contributed by atoms with E-state index in [0.29, 0.717) is 18.0 Å². The zero-order chi connectivity index (χ0) is 12.7. The standard InChI is InChI=1S/C11H17N3O2S/c1-16-11-9(4-3-6-13-11)14-10(15)8(12)5-7-17-2/h3-4,6,8H,5,7,12H2,1-2H3,(H,14,15)/t8-/m0/s1. The fourth-order valence-electron chi connectivity index (χ4n) is 1.25. The highest BCUT2D eigenvalue weighted by molar-refractivity contribution is 7.98. The number of carbonyl (C=O) groups is 1. The van der Waals surface area contributed by atoms with Crippen molar-refractivity contribution in [3.63, 3.8) is 0 Å². The van der Waals surface area contributed by atoms with E-state index in [9.17, 15) is 4.79 Å². The number of nitrogens with two attached hydrogens (primary N) is 1. The number of pyridine rings is 1. The van der Waals surface area contributed by atoms with E-state index < -0.39 is 6.04 Å². The molecule has 0 radical (unpaired) electrons. The SMILES string of the molecule is COc1ncccc1NC(=O)[C@@H](N)CCSC. The fraction of sp³-hybridized carbons (Fsp3) is 0.455. The Balaban J connectivity index is 2.61. The average Bonchev–Trinajstić information content (AvgIpc) is 2.36. The quantitative estimate of drug-likeness (QED) is 0.796. The summed E-state index contributed by atoms with van der Waals surface area (Å²) in [6.45, 7) is 0. The number of anilines is 1. The highest BCUT2D eigenvalue weighted by Gasteiger charge is 2.15. The van der Waals surface area contributed by atoms with Gasteiger partial charge >= 0.3 is 0 Å². The van der Waals surface area contributed by atoms with Crippen LogP contribution in [0.15, 0.2) is 18.3 Å². The highest BCUT2D eigenvalue weighted by Crippen LogP contribution is 2.19. The minimum absolute atomic E-state index is 0.217. The van der Waals surface area contributed by atoms with Gasteiger partial charge in [-0.3, -0.25) is 4.79 Å². The van der Waals surface area contributed by atoms with Crippen LogP contribution in [0.5, 0.6) is 5.88 Å². The van der Waals surface area contributed by atoms with Crippen LogP contribution in [0, 0.1) is 0 Å². The van der Waals surface area contributed by atoms with Gasteiger partial charge in [-0.05, 0) is 30.6 Å². The number of hydrogen-bond acceptors (Lipinski definition) is 5. The summed E-state index contributed by atoms with van der Waals surface area (Å²) in [6.07, 6.45) is 4.23. The molecule has 0 spiro atoms. The lowest BCUT2D eigenvalue weighted by Gasteiger charge is -2.13. The van der Waals surface area contributed by atoms with Crippen molar-refractivity contribution in [1.29, 1.82) is 0 Å². The maximum absolute atomic E-state index is 11.8. The maximum Gasteiger partial charge on any atom is 0.241 e. The summed E-state index contributed by atoms with van der Waals surface area (Å²) in [6, 6.07) is 2.95. The predicted molar refractivity (Wildman–Crippen MR) is 70.4 cm³/mol. The average molecular weight is 255 g/mol. The molecular weight excluding hydrogens is 238 g/mol. The van der Waals surface area contributed by atoms with Gasteiger partial charge in [0.25, 0.3) is 0 Å². The summed E-state index contributed by atoms with van der Waals surface area (Å²) in [5.74, 6) is 1.03. The van der Waals surface area contributed by atoms with Gasteiger partial charge in [-0.25, -0.2) is 4.98 Å². The number of nitrogens with one attached hydrogen (secondary N) is 1. The molecule has 1 aromatic rings. The first-order chi connectivity index (χ1) is 8.19. The van der Waals surface area contributed by atoms with Crippen molar-refractivity contribution in [2.75, 3.05) is 24.4 Å². The van der Waals surface area contributed by atoms with Crippen LogP contribution in [0.1, 0.15) is 6.42 Å². The number of nitrogens with zero attached hydrogens (tertiary/aromatic N) is 1. The number of aromatic nitrogens is 1. The summed E-state index contributed by atoms with van der Waals surface area (Å²) in [5, 5.41) is 2.71. The molecule has 1 heterocycles. The Kier molecular flexibility index (Phi) is 5.79. The number of ether oxygens (including phenoxy) is 1. The Morgan fingerprint density at radius 2 is 2.47 bits per heavy atom. The minimum atomic E-state index is -0.507. The van der Waals surface area contributed by atoms with Crippen molar-refractivity contribution in [2.24, 2.45) is 5.73 Å². The van der Waals surface area contributed by atoms with Gasteiger partial charge in [-0.2, -0.15) is 11.8 Å². The van der Waals surface area contributed by atoms with Crippen LogP contribution in [0.4, 0.5) is 5.69 Å². The van der Waals surface area contributed by atoms with Gasteiger partial charge in [0, 0.05) is 6.20 Å². The molecular formula is C11H17N3O2S. The molecule has 0 unspecified atom stereocenters. The van der Waals surface area contributed by atoms with Crippen LogP contribution in [-0.4, -0.2) is 36.1 Å². The van der Waals surface area contributed by atoms with E-state index >= 15 is 0 Å². The molecule has 0 saturated carbocycles. The molecule has 0 bridgehead atoms. The third-order valence-corrected chi connectivity index (χ3v) is 2.84. The van der Waals surface area contributed by atoms with Crippen LogP contribution in [-0.2, 0) is 4.79 Å². The van der Waals surface area contributed by atoms with E-state index in [-0.39, 0.29) is 5.91 Å². The molecule has 0 aliphatic rings. The van der Waals surface area contributed by atoms with E-state index in [1.165, 1.54) is 7.11 Å². The van der Waals surface area contributed by atoms with Crippen molar-refractivity contribution in [2.45, 2.75) is 12.5 Å². The summed E-state index contributed by atoms with van der Waals surface area (Å²) in [5.41, 5.74) is 6.30. The van der Waals surface area contributed by atoms with Crippen molar-refractivity contribution >= 4 is 23.4 Å². The minimum Gasteiger partial charge on any atom is -0.480 e. The Bertz CT molecular complexity index is 373. The lowest BCUT2D eigenvalue weighted by Crippen LogP contribution is -2.36. The molecule has 0 saturated heterocycles. The van der Waals surface area contributed by atoms with Gasteiger partial charge in [0.1, 0.15) is 5.69 Å². The Morgan fingerprint density at radius 1 is 1.71 bits per heavy atom. The molecule has 1 rings (SSSR count). The molecule has 94 valence electrons. The summed E-state index contributed by atoms with van der Waals surface area (Å²) in [4.78, 5) is 15.7. The Morgan fingerprint density at radius 3 is 3.12 bits per heavy atom. The fourth-order valence-corrected chi connectivity index (χ4v) is 1.74. The summed E-state index contributed by atoms with van der Waals surface area (Å²) < 4.78 is 5.04. The molecule has 17 heavy (non-hydrogen) atoms. The molecule has 0 fully saturated rings. The second-order valence-corrected chi connectivity index (χ2v) is 4.42. The van der Waals surface area contributed by atoms with Gasteiger partial charge < -0.3 is 15.8 Å². The van der Waals surface area contributed by atoms with Crippen LogP contribution >= 0.6 is 11.8 Å². The molecule has 1 atom stereocenters. The van der Waals surface area contributed by atoms with Gasteiger partial charge in [0.15, 0.2) is 0 Å². The number of methoxy groups -OCH3 is 1. The number of rotatable bonds is 6. The highest BCUT2D eigenvalue weighted by atomic mass is 32.2. The van der Waals surface area contributed by atoms with Gasteiger partial charge in [-0.15, -0.1) is 0 Å². The number of thioether (sulfide) groups is 1. The topological polar surface area (TPSA) is 77.2 Å². The van der Waals surface area contributed by atoms with Crippen molar-refractivity contribution in [3.05, 3.63) is 18.3 Å². The smallest absolute Gasteiger partial charge is 0.241 e. The number of hydrogen-bond donors (Lipinski definition) is 2. The van der Waals surface area contributed by atoms with Gasteiger partial charge in [-0.1, -0.05) is 0 Å². The Hall–Kier alpha value is -1.27. The lowest BCUT2D eigenvalue weighted by molar-refractivity contribution is -0.117. The molecule has 0 aromatic carbocycles.